The Labute approximate surface area is 176 Å². The number of aliphatic hydroxyl groups excluding tert-OH is 1. The van der Waals surface area contributed by atoms with E-state index in [0.29, 0.717) is 43.1 Å². The number of rotatable bonds is 3. The van der Waals surface area contributed by atoms with E-state index in [2.05, 4.69) is 19.9 Å². The number of benzene rings is 1. The van der Waals surface area contributed by atoms with Gasteiger partial charge in [0, 0.05) is 23.6 Å². The quantitative estimate of drug-likeness (QED) is 0.708. The molecule has 0 bridgehead atoms. The molecule has 2 N–H and O–H groups in total. The maximum atomic E-state index is 12.5. The highest BCUT2D eigenvalue weighted by molar-refractivity contribution is 5.91. The van der Waals surface area contributed by atoms with Crippen molar-refractivity contribution in [2.75, 3.05) is 13.2 Å². The number of phenols is 1. The van der Waals surface area contributed by atoms with Crippen LogP contribution in [-0.4, -0.2) is 51.8 Å². The molecule has 7 nitrogen and oxygen atoms in total. The topological polar surface area (TPSA) is 97.1 Å². The standard InChI is InChI=1S/C21H22F3N3O4/c22-21(23,24)31-12-6-7-15(17(28)10-12)19-13-4-2-1-3-5-14(13)20(27-26-19)25-16-8-9-30-11-18(16)29/h6-7,10,18,28-29H,1-5,8-9,11H2/b25-16+. The van der Waals surface area contributed by atoms with E-state index in [1.54, 1.807) is 0 Å². The van der Waals surface area contributed by atoms with E-state index in [0.717, 1.165) is 42.5 Å². The lowest BCUT2D eigenvalue weighted by atomic mass is 9.97. The van der Waals surface area contributed by atoms with E-state index in [-0.39, 0.29) is 17.9 Å². The number of phenolic OH excluding ortho intramolecular Hbond substituents is 1. The number of halogens is 3. The number of hydrogen-bond donors (Lipinski definition) is 2. The lowest BCUT2D eigenvalue weighted by Gasteiger charge is -2.20. The first-order chi connectivity index (χ1) is 14.8. The zero-order chi connectivity index (χ0) is 22.0. The van der Waals surface area contributed by atoms with Gasteiger partial charge in [0.05, 0.1) is 18.9 Å². The van der Waals surface area contributed by atoms with Gasteiger partial charge in [-0.2, -0.15) is 0 Å². The molecule has 4 rings (SSSR count). The van der Waals surface area contributed by atoms with Crippen molar-refractivity contribution < 1.29 is 32.9 Å². The van der Waals surface area contributed by atoms with E-state index in [1.165, 1.54) is 6.07 Å². The maximum Gasteiger partial charge on any atom is 0.573 e. The van der Waals surface area contributed by atoms with Gasteiger partial charge in [-0.05, 0) is 43.4 Å². The summed E-state index contributed by atoms with van der Waals surface area (Å²) in [6, 6.07) is 3.40. The third-order valence-corrected chi connectivity index (χ3v) is 5.39. The molecule has 2 aromatic rings. The minimum atomic E-state index is -4.85. The molecule has 1 saturated heterocycles. The van der Waals surface area contributed by atoms with Gasteiger partial charge in [0.15, 0.2) is 5.82 Å². The van der Waals surface area contributed by atoms with Crippen LogP contribution < -0.4 is 4.74 Å². The molecule has 0 spiro atoms. The Morgan fingerprint density at radius 1 is 1.06 bits per heavy atom. The minimum absolute atomic E-state index is 0.187. The number of aromatic nitrogens is 2. The normalized spacial score (nSPS) is 20.9. The average molecular weight is 437 g/mol. The number of aromatic hydroxyl groups is 1. The SMILES string of the molecule is Oc1cc(OC(F)(F)F)ccc1-c1nnc(/N=C2\CCOCC2O)c2c1CCCCC2. The maximum absolute atomic E-state index is 12.5. The average Bonchev–Trinajstić information content (AvgIpc) is 2.96. The summed E-state index contributed by atoms with van der Waals surface area (Å²) >= 11 is 0. The first kappa shape index (κ1) is 21.5. The summed E-state index contributed by atoms with van der Waals surface area (Å²) in [6.45, 7) is 0.663. The van der Waals surface area contributed by atoms with Crippen LogP contribution >= 0.6 is 0 Å². The molecule has 1 aromatic carbocycles. The van der Waals surface area contributed by atoms with E-state index in [1.807, 2.05) is 0 Å². The Morgan fingerprint density at radius 2 is 1.84 bits per heavy atom. The summed E-state index contributed by atoms with van der Waals surface area (Å²) in [5.74, 6) is -0.446. The van der Waals surface area contributed by atoms with Crippen LogP contribution in [0.1, 0.15) is 36.8 Å². The highest BCUT2D eigenvalue weighted by Gasteiger charge is 2.31. The second kappa shape index (κ2) is 8.80. The zero-order valence-corrected chi connectivity index (χ0v) is 16.7. The fourth-order valence-corrected chi connectivity index (χ4v) is 3.92. The van der Waals surface area contributed by atoms with Gasteiger partial charge >= 0.3 is 6.36 Å². The molecule has 1 aromatic heterocycles. The van der Waals surface area contributed by atoms with E-state index >= 15 is 0 Å². The van der Waals surface area contributed by atoms with Gasteiger partial charge in [-0.25, -0.2) is 4.99 Å². The van der Waals surface area contributed by atoms with Crippen molar-refractivity contribution in [3.8, 4) is 22.8 Å². The summed E-state index contributed by atoms with van der Waals surface area (Å²) < 4.78 is 46.5. The molecule has 166 valence electrons. The van der Waals surface area contributed by atoms with E-state index in [4.69, 9.17) is 4.74 Å². The largest absolute Gasteiger partial charge is 0.573 e. The molecular weight excluding hydrogens is 415 g/mol. The summed E-state index contributed by atoms with van der Waals surface area (Å²) in [7, 11) is 0. The molecule has 0 saturated carbocycles. The van der Waals surface area contributed by atoms with Crippen molar-refractivity contribution in [2.24, 2.45) is 4.99 Å². The van der Waals surface area contributed by atoms with Gasteiger partial charge in [-0.15, -0.1) is 23.4 Å². The lowest BCUT2D eigenvalue weighted by Crippen LogP contribution is -2.32. The summed E-state index contributed by atoms with van der Waals surface area (Å²) in [5.41, 5.74) is 3.06. The van der Waals surface area contributed by atoms with Crippen LogP contribution in [0.5, 0.6) is 11.5 Å². The molecule has 1 unspecified atom stereocenters. The van der Waals surface area contributed by atoms with Crippen LogP contribution in [0.2, 0.25) is 0 Å². The van der Waals surface area contributed by atoms with Crippen LogP contribution in [0, 0.1) is 0 Å². The Balaban J connectivity index is 1.75. The van der Waals surface area contributed by atoms with Crippen molar-refractivity contribution in [3.63, 3.8) is 0 Å². The molecule has 1 atom stereocenters. The van der Waals surface area contributed by atoms with Crippen LogP contribution in [-0.2, 0) is 17.6 Å². The van der Waals surface area contributed by atoms with Crippen molar-refractivity contribution in [2.45, 2.75) is 51.0 Å². The van der Waals surface area contributed by atoms with Gasteiger partial charge < -0.3 is 19.7 Å². The van der Waals surface area contributed by atoms with Gasteiger partial charge in [0.2, 0.25) is 0 Å². The summed E-state index contributed by atoms with van der Waals surface area (Å²) in [5, 5.41) is 29.0. The number of hydrogen-bond acceptors (Lipinski definition) is 7. The highest BCUT2D eigenvalue weighted by atomic mass is 19.4. The monoisotopic (exact) mass is 437 g/mol. The third kappa shape index (κ3) is 4.96. The summed E-state index contributed by atoms with van der Waals surface area (Å²) in [6.07, 6.45) is -0.884. The molecule has 0 radical (unpaired) electrons. The van der Waals surface area contributed by atoms with Gasteiger partial charge in [-0.1, -0.05) is 6.42 Å². The second-order valence-electron chi connectivity index (χ2n) is 7.56. The van der Waals surface area contributed by atoms with Gasteiger partial charge in [-0.3, -0.25) is 0 Å². The molecule has 1 aliphatic carbocycles. The Morgan fingerprint density at radius 3 is 2.55 bits per heavy atom. The Bertz CT molecular complexity index is 995. The molecule has 10 heteroatoms. The van der Waals surface area contributed by atoms with E-state index in [9.17, 15) is 23.4 Å². The number of ether oxygens (including phenoxy) is 2. The van der Waals surface area contributed by atoms with E-state index < -0.39 is 18.2 Å². The number of aliphatic hydroxyl groups is 1. The number of fused-ring (bicyclic) bond motifs is 1. The fourth-order valence-electron chi connectivity index (χ4n) is 3.92. The summed E-state index contributed by atoms with van der Waals surface area (Å²) in [4.78, 5) is 4.57. The molecule has 1 fully saturated rings. The molecular formula is C21H22F3N3O4. The highest BCUT2D eigenvalue weighted by Crippen LogP contribution is 2.39. The number of aliphatic imine (C=N–C) groups is 1. The predicted octanol–water partition coefficient (Wildman–Crippen LogP) is 3.87. The zero-order valence-electron chi connectivity index (χ0n) is 16.7. The van der Waals surface area contributed by atoms with Crippen molar-refractivity contribution in [1.82, 2.24) is 10.2 Å². The van der Waals surface area contributed by atoms with Crippen LogP contribution in [0.25, 0.3) is 11.3 Å². The molecule has 31 heavy (non-hydrogen) atoms. The van der Waals surface area contributed by atoms with Crippen molar-refractivity contribution in [1.29, 1.82) is 0 Å². The predicted molar refractivity (Wildman–Crippen MR) is 106 cm³/mol. The van der Waals surface area contributed by atoms with Crippen molar-refractivity contribution >= 4 is 11.5 Å². The number of nitrogens with zero attached hydrogens (tertiary/aromatic N) is 3. The molecule has 1 aliphatic heterocycles. The Hall–Kier alpha value is -2.72. The van der Waals surface area contributed by atoms with Gasteiger partial charge in [0.25, 0.3) is 0 Å². The van der Waals surface area contributed by atoms with Crippen LogP contribution in [0.15, 0.2) is 23.2 Å². The smallest absolute Gasteiger partial charge is 0.507 e. The molecule has 2 heterocycles. The first-order valence-corrected chi connectivity index (χ1v) is 10.1. The Kier molecular flexibility index (Phi) is 6.10. The first-order valence-electron chi connectivity index (χ1n) is 10.1. The minimum Gasteiger partial charge on any atom is -0.507 e. The fraction of sp³-hybridized carbons (Fsp3) is 0.476. The molecule has 0 amide bonds. The van der Waals surface area contributed by atoms with Gasteiger partial charge in [0.1, 0.15) is 23.3 Å². The molecule has 2 aliphatic rings. The lowest BCUT2D eigenvalue weighted by molar-refractivity contribution is -0.274. The third-order valence-electron chi connectivity index (χ3n) is 5.39. The van der Waals surface area contributed by atoms with Crippen LogP contribution in [0.4, 0.5) is 19.0 Å². The van der Waals surface area contributed by atoms with Crippen LogP contribution in [0.3, 0.4) is 0 Å². The second-order valence-corrected chi connectivity index (χ2v) is 7.56. The van der Waals surface area contributed by atoms with Crippen molar-refractivity contribution in [3.05, 3.63) is 29.3 Å². The number of alkyl halides is 3.